The molecule has 1 saturated heterocycles. The SMILES string of the molecule is CCCC(C(CC)C1(OC(=O)O)OO1)C(C)(C)C. The Bertz CT molecular complexity index is 290. The van der Waals surface area contributed by atoms with Crippen molar-refractivity contribution in [2.45, 2.75) is 59.9 Å². The van der Waals surface area contributed by atoms with Crippen molar-refractivity contribution in [3.05, 3.63) is 0 Å². The molecule has 106 valence electrons. The highest BCUT2D eigenvalue weighted by atomic mass is 17.5. The normalized spacial score (nSPS) is 21.2. The quantitative estimate of drug-likeness (QED) is 0.447. The zero-order chi connectivity index (χ0) is 14.0. The summed E-state index contributed by atoms with van der Waals surface area (Å²) in [7, 11) is 0. The lowest BCUT2D eigenvalue weighted by Gasteiger charge is -2.37. The van der Waals surface area contributed by atoms with Crippen molar-refractivity contribution < 1.29 is 24.4 Å². The molecular weight excluding hydrogens is 236 g/mol. The zero-order valence-corrected chi connectivity index (χ0v) is 11.9. The molecule has 1 heterocycles. The van der Waals surface area contributed by atoms with Crippen LogP contribution in [0.25, 0.3) is 0 Å². The zero-order valence-electron chi connectivity index (χ0n) is 11.9. The molecule has 1 fully saturated rings. The maximum atomic E-state index is 10.7. The summed E-state index contributed by atoms with van der Waals surface area (Å²) < 4.78 is 4.80. The predicted molar refractivity (Wildman–Crippen MR) is 65.6 cm³/mol. The Morgan fingerprint density at radius 3 is 2.17 bits per heavy atom. The van der Waals surface area contributed by atoms with Crippen LogP contribution in [0.4, 0.5) is 4.79 Å². The van der Waals surface area contributed by atoms with Crippen LogP contribution in [0.1, 0.15) is 53.9 Å². The minimum Gasteiger partial charge on any atom is -0.450 e. The van der Waals surface area contributed by atoms with Crippen LogP contribution in [0.15, 0.2) is 0 Å². The van der Waals surface area contributed by atoms with Crippen LogP contribution in [0, 0.1) is 17.3 Å². The molecule has 0 aromatic rings. The summed E-state index contributed by atoms with van der Waals surface area (Å²) in [4.78, 5) is 20.5. The van der Waals surface area contributed by atoms with E-state index in [4.69, 9.17) is 19.6 Å². The fourth-order valence-electron chi connectivity index (χ4n) is 2.73. The van der Waals surface area contributed by atoms with Gasteiger partial charge in [-0.25, -0.2) is 4.79 Å². The minimum atomic E-state index is -1.38. The number of carboxylic acid groups (broad SMARTS) is 1. The summed E-state index contributed by atoms with van der Waals surface area (Å²) in [6, 6.07) is 0. The van der Waals surface area contributed by atoms with Gasteiger partial charge in [-0.15, -0.1) is 0 Å². The molecular formula is C13H24O5. The Kier molecular flexibility index (Phi) is 4.61. The van der Waals surface area contributed by atoms with E-state index in [-0.39, 0.29) is 17.3 Å². The second-order valence-corrected chi connectivity index (χ2v) is 5.91. The highest BCUT2D eigenvalue weighted by Crippen LogP contribution is 2.50. The second-order valence-electron chi connectivity index (χ2n) is 5.91. The molecule has 1 rings (SSSR count). The van der Waals surface area contributed by atoms with Gasteiger partial charge < -0.3 is 9.84 Å². The maximum absolute atomic E-state index is 10.7. The molecule has 5 nitrogen and oxygen atoms in total. The Balaban J connectivity index is 2.89. The summed E-state index contributed by atoms with van der Waals surface area (Å²) in [5, 5.41) is 8.77. The van der Waals surface area contributed by atoms with Gasteiger partial charge in [0, 0.05) is 0 Å². The number of hydrogen-bond acceptors (Lipinski definition) is 4. The van der Waals surface area contributed by atoms with Crippen LogP contribution in [-0.4, -0.2) is 17.2 Å². The first-order chi connectivity index (χ1) is 8.27. The molecule has 0 saturated carbocycles. The highest BCUT2D eigenvalue weighted by molar-refractivity contribution is 5.57. The number of hydrogen-bond donors (Lipinski definition) is 1. The molecule has 0 aromatic heterocycles. The summed E-state index contributed by atoms with van der Waals surface area (Å²) in [6.45, 7) is 10.5. The molecule has 5 heteroatoms. The van der Waals surface area contributed by atoms with Crippen LogP contribution < -0.4 is 0 Å². The van der Waals surface area contributed by atoms with Gasteiger partial charge in [0.2, 0.25) is 0 Å². The molecule has 1 aliphatic heterocycles. The number of rotatable bonds is 6. The molecule has 0 aliphatic carbocycles. The Morgan fingerprint density at radius 1 is 1.33 bits per heavy atom. The smallest absolute Gasteiger partial charge is 0.450 e. The lowest BCUT2D eigenvalue weighted by atomic mass is 9.69. The van der Waals surface area contributed by atoms with Crippen molar-refractivity contribution in [3.63, 3.8) is 0 Å². The van der Waals surface area contributed by atoms with Gasteiger partial charge in [-0.2, -0.15) is 9.78 Å². The van der Waals surface area contributed by atoms with E-state index < -0.39 is 12.1 Å². The maximum Gasteiger partial charge on any atom is 0.510 e. The molecule has 18 heavy (non-hydrogen) atoms. The first-order valence-electron chi connectivity index (χ1n) is 6.55. The van der Waals surface area contributed by atoms with E-state index in [0.29, 0.717) is 0 Å². The fraction of sp³-hybridized carbons (Fsp3) is 0.923. The van der Waals surface area contributed by atoms with E-state index in [1.54, 1.807) is 0 Å². The number of carbonyl (C=O) groups is 1. The molecule has 0 amide bonds. The molecule has 0 radical (unpaired) electrons. The third-order valence-electron chi connectivity index (χ3n) is 3.57. The van der Waals surface area contributed by atoms with Gasteiger partial charge in [0.15, 0.2) is 0 Å². The molecule has 1 N–H and O–H groups in total. The van der Waals surface area contributed by atoms with Crippen LogP contribution in [-0.2, 0) is 14.5 Å². The van der Waals surface area contributed by atoms with E-state index >= 15 is 0 Å². The first kappa shape index (κ1) is 15.2. The van der Waals surface area contributed by atoms with Crippen molar-refractivity contribution in [1.29, 1.82) is 0 Å². The molecule has 2 atom stereocenters. The largest absolute Gasteiger partial charge is 0.510 e. The van der Waals surface area contributed by atoms with Crippen LogP contribution in [0.5, 0.6) is 0 Å². The van der Waals surface area contributed by atoms with Gasteiger partial charge in [-0.05, 0) is 24.2 Å². The summed E-state index contributed by atoms with van der Waals surface area (Å²) in [6.07, 6.45) is 1.39. The molecule has 2 unspecified atom stereocenters. The van der Waals surface area contributed by atoms with Gasteiger partial charge in [0.05, 0.1) is 5.92 Å². The summed E-state index contributed by atoms with van der Waals surface area (Å²) in [5.74, 6) is -1.20. The molecule has 0 aromatic carbocycles. The third kappa shape index (κ3) is 3.36. The fourth-order valence-corrected chi connectivity index (χ4v) is 2.73. The lowest BCUT2D eigenvalue weighted by molar-refractivity contribution is -0.0995. The van der Waals surface area contributed by atoms with E-state index in [9.17, 15) is 4.79 Å². The van der Waals surface area contributed by atoms with Gasteiger partial charge in [0.25, 0.3) is 0 Å². The molecule has 0 bridgehead atoms. The monoisotopic (exact) mass is 260 g/mol. The average molecular weight is 260 g/mol. The second kappa shape index (κ2) is 5.45. The van der Waals surface area contributed by atoms with E-state index in [0.717, 1.165) is 19.3 Å². The standard InChI is InChI=1S/C13H24O5/c1-6-8-10(12(3,4)5)9(7-2)13(17-18-13)16-11(14)15/h9-10H,6-8H2,1-5H3,(H,14,15). The lowest BCUT2D eigenvalue weighted by Crippen LogP contribution is -2.40. The van der Waals surface area contributed by atoms with Crippen molar-refractivity contribution in [2.75, 3.05) is 0 Å². The Labute approximate surface area is 108 Å². The molecule has 1 aliphatic rings. The van der Waals surface area contributed by atoms with Crippen molar-refractivity contribution >= 4 is 6.16 Å². The van der Waals surface area contributed by atoms with Crippen molar-refractivity contribution in [3.8, 4) is 0 Å². The van der Waals surface area contributed by atoms with Gasteiger partial charge in [0.1, 0.15) is 0 Å². The van der Waals surface area contributed by atoms with Crippen molar-refractivity contribution in [1.82, 2.24) is 0 Å². The Hall–Kier alpha value is -0.810. The van der Waals surface area contributed by atoms with Crippen LogP contribution in [0.3, 0.4) is 0 Å². The summed E-state index contributed by atoms with van der Waals surface area (Å²) >= 11 is 0. The van der Waals surface area contributed by atoms with Gasteiger partial charge in [-0.1, -0.05) is 41.0 Å². The Morgan fingerprint density at radius 2 is 1.89 bits per heavy atom. The van der Waals surface area contributed by atoms with Crippen molar-refractivity contribution in [2.24, 2.45) is 17.3 Å². The molecule has 0 spiro atoms. The predicted octanol–water partition coefficient (Wildman–Crippen LogP) is 3.79. The third-order valence-corrected chi connectivity index (χ3v) is 3.57. The summed E-state index contributed by atoms with van der Waals surface area (Å²) in [5.41, 5.74) is 0.0425. The van der Waals surface area contributed by atoms with Gasteiger partial charge >= 0.3 is 12.1 Å². The van der Waals surface area contributed by atoms with E-state index in [1.165, 1.54) is 0 Å². The highest BCUT2D eigenvalue weighted by Gasteiger charge is 2.63. The number of ether oxygens (including phenoxy) is 1. The van der Waals surface area contributed by atoms with Crippen LogP contribution >= 0.6 is 0 Å². The topological polar surface area (TPSA) is 71.6 Å². The first-order valence-corrected chi connectivity index (χ1v) is 6.55. The van der Waals surface area contributed by atoms with E-state index in [2.05, 4.69) is 27.7 Å². The average Bonchev–Trinajstić information content (AvgIpc) is 2.96. The van der Waals surface area contributed by atoms with Crippen LogP contribution in [0.2, 0.25) is 0 Å². The minimum absolute atomic E-state index is 0.0425. The van der Waals surface area contributed by atoms with Gasteiger partial charge in [-0.3, -0.25) is 0 Å². The van der Waals surface area contributed by atoms with E-state index in [1.807, 2.05) is 6.92 Å².